The van der Waals surface area contributed by atoms with Crippen LogP contribution in [0, 0.1) is 0 Å². The highest BCUT2D eigenvalue weighted by molar-refractivity contribution is 5.99. The minimum Gasteiger partial charge on any atom is -0.409 e. The van der Waals surface area contributed by atoms with Crippen LogP contribution in [0.3, 0.4) is 0 Å². The molecule has 3 N–H and O–H groups in total. The van der Waals surface area contributed by atoms with Gasteiger partial charge < -0.3 is 20.7 Å². The molecule has 1 fully saturated rings. The van der Waals surface area contributed by atoms with Gasteiger partial charge in [-0.15, -0.1) is 0 Å². The zero-order valence-electron chi connectivity index (χ0n) is 12.5. The fourth-order valence-electron chi connectivity index (χ4n) is 2.72. The maximum atomic E-state index is 12.6. The van der Waals surface area contributed by atoms with Gasteiger partial charge in [-0.05, 0) is 39.1 Å². The molecule has 1 aliphatic rings. The van der Waals surface area contributed by atoms with Gasteiger partial charge in [-0.25, -0.2) is 0 Å². The lowest BCUT2D eigenvalue weighted by Crippen LogP contribution is -2.41. The lowest BCUT2D eigenvalue weighted by molar-refractivity contribution is 0.0716. The second-order valence-electron chi connectivity index (χ2n) is 5.62. The van der Waals surface area contributed by atoms with Crippen molar-refractivity contribution in [3.63, 3.8) is 0 Å². The fourth-order valence-corrected chi connectivity index (χ4v) is 2.72. The molecule has 1 atom stereocenters. The first-order chi connectivity index (χ1) is 10.0. The first kappa shape index (κ1) is 15.3. The maximum Gasteiger partial charge on any atom is 0.254 e. The summed E-state index contributed by atoms with van der Waals surface area (Å²) in [6.07, 6.45) is 2.10. The van der Waals surface area contributed by atoms with Crippen LogP contribution in [-0.2, 0) is 0 Å². The Bertz CT molecular complexity index is 525. The Kier molecular flexibility index (Phi) is 4.80. The van der Waals surface area contributed by atoms with Crippen molar-refractivity contribution in [2.45, 2.75) is 18.9 Å². The minimum absolute atomic E-state index is 0.0423. The SMILES string of the molecule is CN(C)CC1CCCN1C(=O)c1ccc(C(N)=NO)cc1. The Morgan fingerprint density at radius 1 is 1.38 bits per heavy atom. The van der Waals surface area contributed by atoms with Crippen molar-refractivity contribution >= 4 is 11.7 Å². The monoisotopic (exact) mass is 290 g/mol. The van der Waals surface area contributed by atoms with Gasteiger partial charge in [0, 0.05) is 30.3 Å². The smallest absolute Gasteiger partial charge is 0.254 e. The zero-order valence-corrected chi connectivity index (χ0v) is 12.5. The van der Waals surface area contributed by atoms with Gasteiger partial charge in [0.25, 0.3) is 5.91 Å². The molecule has 0 radical (unpaired) electrons. The third-order valence-corrected chi connectivity index (χ3v) is 3.75. The molecule has 6 heteroatoms. The van der Waals surface area contributed by atoms with Crippen molar-refractivity contribution in [3.05, 3.63) is 35.4 Å². The summed E-state index contributed by atoms with van der Waals surface area (Å²) in [7, 11) is 4.04. The van der Waals surface area contributed by atoms with Crippen LogP contribution in [0.25, 0.3) is 0 Å². The number of hydrogen-bond donors (Lipinski definition) is 2. The third kappa shape index (κ3) is 3.52. The molecule has 1 heterocycles. The number of oxime groups is 1. The third-order valence-electron chi connectivity index (χ3n) is 3.75. The topological polar surface area (TPSA) is 82.2 Å². The molecule has 1 unspecified atom stereocenters. The van der Waals surface area contributed by atoms with E-state index in [1.165, 1.54) is 0 Å². The number of hydrogen-bond acceptors (Lipinski definition) is 4. The van der Waals surface area contributed by atoms with Crippen LogP contribution in [0.2, 0.25) is 0 Å². The molecule has 6 nitrogen and oxygen atoms in total. The summed E-state index contributed by atoms with van der Waals surface area (Å²) >= 11 is 0. The number of carbonyl (C=O) groups is 1. The van der Waals surface area contributed by atoms with Crippen LogP contribution in [0.1, 0.15) is 28.8 Å². The number of nitrogens with zero attached hydrogens (tertiary/aromatic N) is 3. The van der Waals surface area contributed by atoms with E-state index in [0.29, 0.717) is 11.1 Å². The van der Waals surface area contributed by atoms with Gasteiger partial charge in [-0.1, -0.05) is 17.3 Å². The summed E-state index contributed by atoms with van der Waals surface area (Å²) in [6, 6.07) is 7.11. The Labute approximate surface area is 124 Å². The number of amidine groups is 1. The molecule has 1 saturated heterocycles. The first-order valence-corrected chi connectivity index (χ1v) is 7.06. The number of amides is 1. The fraction of sp³-hybridized carbons (Fsp3) is 0.467. The second-order valence-corrected chi connectivity index (χ2v) is 5.62. The van der Waals surface area contributed by atoms with E-state index in [9.17, 15) is 4.79 Å². The molecule has 0 aromatic heterocycles. The molecule has 1 amide bonds. The molecule has 2 rings (SSSR count). The Morgan fingerprint density at radius 2 is 2.00 bits per heavy atom. The van der Waals surface area contributed by atoms with Gasteiger partial charge in [-0.2, -0.15) is 0 Å². The number of nitrogens with two attached hydrogens (primary N) is 1. The van der Waals surface area contributed by atoms with E-state index in [-0.39, 0.29) is 17.8 Å². The zero-order chi connectivity index (χ0) is 15.4. The minimum atomic E-state index is 0.0423. The summed E-state index contributed by atoms with van der Waals surface area (Å²) in [6.45, 7) is 1.69. The first-order valence-electron chi connectivity index (χ1n) is 7.06. The highest BCUT2D eigenvalue weighted by Crippen LogP contribution is 2.20. The van der Waals surface area contributed by atoms with Crippen LogP contribution in [0.5, 0.6) is 0 Å². The van der Waals surface area contributed by atoms with Crippen LogP contribution >= 0.6 is 0 Å². The van der Waals surface area contributed by atoms with Gasteiger partial charge >= 0.3 is 0 Å². The lowest BCUT2D eigenvalue weighted by atomic mass is 10.1. The van der Waals surface area contributed by atoms with E-state index < -0.39 is 0 Å². The van der Waals surface area contributed by atoms with E-state index in [1.54, 1.807) is 24.3 Å². The van der Waals surface area contributed by atoms with Gasteiger partial charge in [0.2, 0.25) is 0 Å². The molecule has 1 aliphatic heterocycles. The molecule has 21 heavy (non-hydrogen) atoms. The van der Waals surface area contributed by atoms with E-state index in [1.807, 2.05) is 19.0 Å². The predicted molar refractivity (Wildman–Crippen MR) is 81.6 cm³/mol. The Morgan fingerprint density at radius 3 is 2.57 bits per heavy atom. The summed E-state index contributed by atoms with van der Waals surface area (Å²) in [5, 5.41) is 11.6. The predicted octanol–water partition coefficient (Wildman–Crippen LogP) is 0.947. The van der Waals surface area contributed by atoms with Crippen molar-refractivity contribution in [3.8, 4) is 0 Å². The molecule has 0 saturated carbocycles. The van der Waals surface area contributed by atoms with E-state index >= 15 is 0 Å². The van der Waals surface area contributed by atoms with E-state index in [4.69, 9.17) is 10.9 Å². The van der Waals surface area contributed by atoms with Crippen LogP contribution in [-0.4, -0.2) is 60.0 Å². The average molecular weight is 290 g/mol. The molecule has 0 spiro atoms. The van der Waals surface area contributed by atoms with Crippen LogP contribution in [0.15, 0.2) is 29.4 Å². The summed E-state index contributed by atoms with van der Waals surface area (Å²) in [5.41, 5.74) is 6.75. The summed E-state index contributed by atoms with van der Waals surface area (Å²) < 4.78 is 0. The summed E-state index contributed by atoms with van der Waals surface area (Å²) in [4.78, 5) is 16.6. The van der Waals surface area contributed by atoms with Crippen molar-refractivity contribution < 1.29 is 10.0 Å². The quantitative estimate of drug-likeness (QED) is 0.374. The lowest BCUT2D eigenvalue weighted by Gasteiger charge is -2.27. The largest absolute Gasteiger partial charge is 0.409 e. The highest BCUT2D eigenvalue weighted by atomic mass is 16.4. The van der Waals surface area contributed by atoms with Crippen molar-refractivity contribution in [2.75, 3.05) is 27.2 Å². The second kappa shape index (κ2) is 6.58. The molecular weight excluding hydrogens is 268 g/mol. The normalized spacial score (nSPS) is 19.3. The summed E-state index contributed by atoms with van der Waals surface area (Å²) in [5.74, 6) is 0.0889. The molecule has 1 aromatic rings. The van der Waals surface area contributed by atoms with Crippen molar-refractivity contribution in [1.82, 2.24) is 9.80 Å². The van der Waals surface area contributed by atoms with Gasteiger partial charge in [0.05, 0.1) is 0 Å². The molecule has 114 valence electrons. The molecule has 1 aromatic carbocycles. The number of rotatable bonds is 4. The number of likely N-dealkylation sites (N-methyl/N-ethyl adjacent to an activating group) is 1. The van der Waals surface area contributed by atoms with Crippen LogP contribution in [0.4, 0.5) is 0 Å². The number of carbonyl (C=O) groups excluding carboxylic acids is 1. The van der Waals surface area contributed by atoms with Crippen LogP contribution < -0.4 is 5.73 Å². The van der Waals surface area contributed by atoms with Gasteiger partial charge in [0.15, 0.2) is 5.84 Å². The van der Waals surface area contributed by atoms with E-state index in [0.717, 1.165) is 25.9 Å². The highest BCUT2D eigenvalue weighted by Gasteiger charge is 2.29. The number of benzene rings is 1. The maximum absolute atomic E-state index is 12.6. The van der Waals surface area contributed by atoms with Crippen molar-refractivity contribution in [1.29, 1.82) is 0 Å². The Hall–Kier alpha value is -2.08. The van der Waals surface area contributed by atoms with E-state index in [2.05, 4.69) is 10.1 Å². The van der Waals surface area contributed by atoms with Crippen molar-refractivity contribution in [2.24, 2.45) is 10.9 Å². The average Bonchev–Trinajstić information content (AvgIpc) is 2.93. The molecule has 0 bridgehead atoms. The molecular formula is C15H22N4O2. The Balaban J connectivity index is 2.12. The van der Waals surface area contributed by atoms with Gasteiger partial charge in [-0.3, -0.25) is 4.79 Å². The van der Waals surface area contributed by atoms with Gasteiger partial charge in [0.1, 0.15) is 0 Å². The standard InChI is InChI=1S/C15H22N4O2/c1-18(2)10-13-4-3-9-19(13)15(20)12-7-5-11(6-8-12)14(16)17-21/h5-8,13,21H,3-4,9-10H2,1-2H3,(H2,16,17). The number of likely N-dealkylation sites (tertiary alicyclic amines) is 1. The molecule has 0 aliphatic carbocycles.